The average molecular weight is 335 g/mol. The molecule has 23 heavy (non-hydrogen) atoms. The third-order valence-corrected chi connectivity index (χ3v) is 7.93. The van der Waals surface area contributed by atoms with Crippen LogP contribution in [0.4, 0.5) is 0 Å². The molecule has 3 fully saturated rings. The number of fused-ring (bicyclic) bond motifs is 1. The van der Waals surface area contributed by atoms with Gasteiger partial charge in [-0.15, -0.1) is 0 Å². The van der Waals surface area contributed by atoms with Crippen LogP contribution in [0.25, 0.3) is 0 Å². The number of hydrogen-bond donors (Lipinski definition) is 1. The first-order valence-corrected chi connectivity index (χ1v) is 9.75. The molecule has 1 aromatic rings. The summed E-state index contributed by atoms with van der Waals surface area (Å²) in [6.45, 7) is 2.12. The fourth-order valence-electron chi connectivity index (χ4n) is 4.76. The Morgan fingerprint density at radius 2 is 2.22 bits per heavy atom. The summed E-state index contributed by atoms with van der Waals surface area (Å²) in [5.74, 6) is 0.953. The second-order valence-corrected chi connectivity index (χ2v) is 8.83. The van der Waals surface area contributed by atoms with Gasteiger partial charge in [-0.1, -0.05) is 0 Å². The van der Waals surface area contributed by atoms with Gasteiger partial charge in [0.05, 0.1) is 6.26 Å². The van der Waals surface area contributed by atoms with E-state index in [0.29, 0.717) is 24.9 Å². The fourth-order valence-corrected chi connectivity index (χ4v) is 6.34. The highest BCUT2D eigenvalue weighted by Crippen LogP contribution is 2.51. The van der Waals surface area contributed by atoms with Crippen LogP contribution in [0.2, 0.25) is 0 Å². The number of hydrogen-bond acceptors (Lipinski definition) is 5. The summed E-state index contributed by atoms with van der Waals surface area (Å²) in [5.41, 5.74) is 0.155. The molecule has 1 N–H and O–H groups in total. The van der Waals surface area contributed by atoms with Gasteiger partial charge in [0.15, 0.2) is 0 Å². The molecule has 2 saturated heterocycles. The lowest BCUT2D eigenvalue weighted by Gasteiger charge is -2.53. The summed E-state index contributed by atoms with van der Waals surface area (Å²) < 4.78 is 32.3. The van der Waals surface area contributed by atoms with Gasteiger partial charge in [-0.25, -0.2) is 8.42 Å². The van der Waals surface area contributed by atoms with Crippen molar-refractivity contribution < 1.29 is 12.8 Å². The number of sulfonamides is 1. The molecule has 2 aliphatic heterocycles. The first-order chi connectivity index (χ1) is 11.1. The number of nitrogens with one attached hydrogen (secondary N) is 1. The SMILES string of the molecule is N#Cc1occc1S(=O)(=O)N1CCCC(C23CCC2CCN3)C1. The van der Waals surface area contributed by atoms with Gasteiger partial charge < -0.3 is 9.73 Å². The van der Waals surface area contributed by atoms with Crippen LogP contribution < -0.4 is 5.32 Å². The minimum Gasteiger partial charge on any atom is -0.452 e. The van der Waals surface area contributed by atoms with Gasteiger partial charge in [-0.3, -0.25) is 0 Å². The maximum Gasteiger partial charge on any atom is 0.247 e. The van der Waals surface area contributed by atoms with Crippen LogP contribution in [-0.2, 0) is 10.0 Å². The van der Waals surface area contributed by atoms with Crippen molar-refractivity contribution >= 4 is 10.0 Å². The molecule has 3 aliphatic rings. The lowest BCUT2D eigenvalue weighted by atomic mass is 9.60. The molecule has 0 bridgehead atoms. The number of furan rings is 1. The van der Waals surface area contributed by atoms with E-state index in [1.165, 1.54) is 25.2 Å². The lowest BCUT2D eigenvalue weighted by molar-refractivity contribution is 0.0353. The number of rotatable bonds is 3. The summed E-state index contributed by atoms with van der Waals surface area (Å²) in [4.78, 5) is 0.00249. The molecule has 4 rings (SSSR count). The van der Waals surface area contributed by atoms with Crippen molar-refractivity contribution in [3.63, 3.8) is 0 Å². The van der Waals surface area contributed by atoms with E-state index < -0.39 is 10.0 Å². The first kappa shape index (κ1) is 15.2. The molecule has 3 atom stereocenters. The standard InChI is InChI=1S/C16H21N3O3S/c17-10-14-15(5-9-22-14)23(20,21)19-8-1-2-13(11-19)16-6-3-12(16)4-7-18-16/h5,9,12-13,18H,1-4,6-8,11H2. The van der Waals surface area contributed by atoms with E-state index in [-0.39, 0.29) is 16.2 Å². The van der Waals surface area contributed by atoms with Crippen LogP contribution in [0.1, 0.15) is 37.9 Å². The van der Waals surface area contributed by atoms with Gasteiger partial charge in [0.1, 0.15) is 11.0 Å². The molecule has 1 saturated carbocycles. The van der Waals surface area contributed by atoms with Gasteiger partial charge >= 0.3 is 0 Å². The smallest absolute Gasteiger partial charge is 0.247 e. The number of nitrogens with zero attached hydrogens (tertiary/aromatic N) is 2. The Labute approximate surface area is 136 Å². The molecule has 6 nitrogen and oxygen atoms in total. The van der Waals surface area contributed by atoms with Gasteiger partial charge in [-0.2, -0.15) is 9.57 Å². The van der Waals surface area contributed by atoms with E-state index in [4.69, 9.17) is 9.68 Å². The normalized spacial score (nSPS) is 34.6. The maximum absolute atomic E-state index is 12.9. The molecule has 1 aromatic heterocycles. The highest BCUT2D eigenvalue weighted by atomic mass is 32.2. The quantitative estimate of drug-likeness (QED) is 0.908. The molecule has 7 heteroatoms. The Bertz CT molecular complexity index is 751. The predicted octanol–water partition coefficient (Wildman–Crippen LogP) is 1.69. The Balaban J connectivity index is 1.59. The Hall–Kier alpha value is -1.36. The van der Waals surface area contributed by atoms with E-state index in [2.05, 4.69) is 5.32 Å². The van der Waals surface area contributed by atoms with Crippen LogP contribution in [0.15, 0.2) is 21.6 Å². The van der Waals surface area contributed by atoms with Crippen molar-refractivity contribution in [3.05, 3.63) is 18.1 Å². The molecular weight excluding hydrogens is 314 g/mol. The zero-order valence-corrected chi connectivity index (χ0v) is 13.8. The minimum absolute atomic E-state index is 0.00249. The topological polar surface area (TPSA) is 86.3 Å². The minimum atomic E-state index is -3.65. The second-order valence-electron chi connectivity index (χ2n) is 6.92. The van der Waals surface area contributed by atoms with Crippen molar-refractivity contribution in [1.29, 1.82) is 5.26 Å². The van der Waals surface area contributed by atoms with Crippen molar-refractivity contribution in [2.75, 3.05) is 19.6 Å². The number of nitriles is 1. The molecule has 3 heterocycles. The van der Waals surface area contributed by atoms with E-state index in [1.807, 2.05) is 6.07 Å². The van der Waals surface area contributed by atoms with Gasteiger partial charge in [0.2, 0.25) is 15.8 Å². The third-order valence-electron chi connectivity index (χ3n) is 6.04. The maximum atomic E-state index is 12.9. The number of piperidine rings is 1. The van der Waals surface area contributed by atoms with Crippen LogP contribution >= 0.6 is 0 Å². The van der Waals surface area contributed by atoms with Crippen molar-refractivity contribution in [1.82, 2.24) is 9.62 Å². The van der Waals surface area contributed by atoms with Crippen LogP contribution in [0, 0.1) is 23.2 Å². The Morgan fingerprint density at radius 1 is 1.35 bits per heavy atom. The summed E-state index contributed by atoms with van der Waals surface area (Å²) in [7, 11) is -3.65. The molecule has 0 amide bonds. The fraction of sp³-hybridized carbons (Fsp3) is 0.688. The van der Waals surface area contributed by atoms with Gasteiger partial charge in [0, 0.05) is 18.6 Å². The van der Waals surface area contributed by atoms with Crippen molar-refractivity contribution in [2.45, 2.75) is 42.5 Å². The molecule has 0 radical (unpaired) electrons. The van der Waals surface area contributed by atoms with E-state index >= 15 is 0 Å². The first-order valence-electron chi connectivity index (χ1n) is 8.31. The summed E-state index contributed by atoms with van der Waals surface area (Å²) in [5, 5.41) is 12.7. The molecule has 3 unspecified atom stereocenters. The zero-order chi connectivity index (χ0) is 16.1. The highest BCUT2D eigenvalue weighted by molar-refractivity contribution is 7.89. The van der Waals surface area contributed by atoms with Crippen LogP contribution in [-0.4, -0.2) is 37.9 Å². The molecule has 1 aliphatic carbocycles. The van der Waals surface area contributed by atoms with E-state index in [0.717, 1.165) is 25.8 Å². The van der Waals surface area contributed by atoms with Crippen molar-refractivity contribution in [3.8, 4) is 6.07 Å². The van der Waals surface area contributed by atoms with Crippen LogP contribution in [0.3, 0.4) is 0 Å². The highest BCUT2D eigenvalue weighted by Gasteiger charge is 2.55. The van der Waals surface area contributed by atoms with Gasteiger partial charge in [0.25, 0.3) is 0 Å². The zero-order valence-electron chi connectivity index (χ0n) is 13.0. The Kier molecular flexibility index (Phi) is 3.52. The second kappa shape index (κ2) is 5.33. The van der Waals surface area contributed by atoms with E-state index in [9.17, 15) is 8.42 Å². The van der Waals surface area contributed by atoms with Crippen molar-refractivity contribution in [2.24, 2.45) is 11.8 Å². The predicted molar refractivity (Wildman–Crippen MR) is 83.0 cm³/mol. The summed E-state index contributed by atoms with van der Waals surface area (Å²) >= 11 is 0. The summed E-state index contributed by atoms with van der Waals surface area (Å²) in [6.07, 6.45) is 6.85. The van der Waals surface area contributed by atoms with Crippen LogP contribution in [0.5, 0.6) is 0 Å². The monoisotopic (exact) mass is 335 g/mol. The lowest BCUT2D eigenvalue weighted by Crippen LogP contribution is -2.61. The molecule has 124 valence electrons. The van der Waals surface area contributed by atoms with E-state index in [1.54, 1.807) is 4.31 Å². The molecule has 0 spiro atoms. The summed E-state index contributed by atoms with van der Waals surface area (Å²) in [6, 6.07) is 3.21. The molecular formula is C16H21N3O3S. The largest absolute Gasteiger partial charge is 0.452 e. The molecule has 0 aromatic carbocycles. The third kappa shape index (κ3) is 2.16. The average Bonchev–Trinajstić information content (AvgIpc) is 3.13. The Morgan fingerprint density at radius 3 is 2.91 bits per heavy atom. The van der Waals surface area contributed by atoms with Gasteiger partial charge in [-0.05, 0) is 56.6 Å².